The van der Waals surface area contributed by atoms with Gasteiger partial charge in [0.25, 0.3) is 0 Å². The molecule has 0 bridgehead atoms. The van der Waals surface area contributed by atoms with E-state index in [0.717, 1.165) is 16.8 Å². The monoisotopic (exact) mass is 338 g/mol. The zero-order chi connectivity index (χ0) is 12.1. The molecule has 0 aromatic heterocycles. The summed E-state index contributed by atoms with van der Waals surface area (Å²) < 4.78 is 6.77. The Kier molecular flexibility index (Phi) is 4.42. The van der Waals surface area contributed by atoms with Crippen molar-refractivity contribution in [1.29, 1.82) is 0 Å². The van der Waals surface area contributed by atoms with Crippen LogP contribution in [-0.2, 0) is 0 Å². The van der Waals surface area contributed by atoms with Crippen LogP contribution >= 0.6 is 22.6 Å². The number of hydrogen-bond donors (Lipinski definition) is 0. The lowest BCUT2D eigenvalue weighted by Gasteiger charge is -2.11. The minimum atomic E-state index is 0.753. The molecule has 1 nitrogen and oxygen atoms in total. The van der Waals surface area contributed by atoms with Crippen LogP contribution in [0, 0.1) is 6.92 Å². The van der Waals surface area contributed by atoms with Crippen molar-refractivity contribution in [2.24, 2.45) is 0 Å². The fourth-order valence-electron chi connectivity index (χ4n) is 1.79. The number of ether oxygens (including phenoxy) is 1. The first-order valence-corrected chi connectivity index (χ1v) is 7.18. The molecule has 0 aliphatic rings. The molecule has 2 aromatic rings. The molecule has 88 valence electrons. The summed E-state index contributed by atoms with van der Waals surface area (Å²) in [6.45, 7) is 2.86. The Morgan fingerprint density at radius 2 is 1.88 bits per heavy atom. The van der Waals surface area contributed by atoms with Crippen LogP contribution in [-0.4, -0.2) is 11.0 Å². The van der Waals surface area contributed by atoms with Gasteiger partial charge in [-0.1, -0.05) is 70.6 Å². The molecular weight excluding hydrogens is 323 g/mol. The van der Waals surface area contributed by atoms with Crippen LogP contribution in [0.4, 0.5) is 0 Å². The van der Waals surface area contributed by atoms with Crippen molar-refractivity contribution in [3.8, 4) is 16.9 Å². The second-order valence-corrected chi connectivity index (χ2v) is 4.98. The van der Waals surface area contributed by atoms with Crippen LogP contribution in [0.25, 0.3) is 11.1 Å². The molecule has 0 atom stereocenters. The van der Waals surface area contributed by atoms with Gasteiger partial charge < -0.3 is 4.74 Å². The van der Waals surface area contributed by atoms with Gasteiger partial charge in [-0.25, -0.2) is 0 Å². The predicted molar refractivity (Wildman–Crippen MR) is 81.0 cm³/mol. The highest BCUT2D eigenvalue weighted by molar-refractivity contribution is 14.1. The van der Waals surface area contributed by atoms with E-state index in [1.807, 2.05) is 12.1 Å². The fraction of sp³-hybridized carbons (Fsp3) is 0.200. The lowest BCUT2D eigenvalue weighted by molar-refractivity contribution is 0.348. The number of alkyl halides is 1. The van der Waals surface area contributed by atoms with E-state index in [4.69, 9.17) is 4.74 Å². The standard InChI is InChI=1S/C15H15IO/c1-12-5-4-6-13(11-12)14-7-2-3-8-15(14)17-10-9-16/h2-8,11H,9-10H2,1H3. The number of rotatable bonds is 4. The summed E-state index contributed by atoms with van der Waals surface area (Å²) in [5.74, 6) is 0.967. The summed E-state index contributed by atoms with van der Waals surface area (Å²) in [7, 11) is 0. The Hall–Kier alpha value is -1.03. The third-order valence-corrected chi connectivity index (χ3v) is 2.99. The van der Waals surface area contributed by atoms with Gasteiger partial charge in [-0.2, -0.15) is 0 Å². The second-order valence-electron chi connectivity index (χ2n) is 3.90. The van der Waals surface area contributed by atoms with Crippen molar-refractivity contribution in [1.82, 2.24) is 0 Å². The van der Waals surface area contributed by atoms with Crippen molar-refractivity contribution in [3.63, 3.8) is 0 Å². The quantitative estimate of drug-likeness (QED) is 0.590. The average Bonchev–Trinajstić information content (AvgIpc) is 2.37. The van der Waals surface area contributed by atoms with E-state index in [1.165, 1.54) is 16.7 Å². The SMILES string of the molecule is Cc1cccc(-c2ccccc2OCCI)c1. The highest BCUT2D eigenvalue weighted by Gasteiger charge is 2.05. The molecular formula is C15H15IO. The number of halogens is 1. The first-order valence-electron chi connectivity index (χ1n) is 5.66. The van der Waals surface area contributed by atoms with E-state index in [0.29, 0.717) is 0 Å². The zero-order valence-corrected chi connectivity index (χ0v) is 12.0. The third kappa shape index (κ3) is 3.22. The van der Waals surface area contributed by atoms with Crippen LogP contribution in [0.1, 0.15) is 5.56 Å². The molecule has 0 unspecified atom stereocenters. The van der Waals surface area contributed by atoms with E-state index < -0.39 is 0 Å². The minimum absolute atomic E-state index is 0.753. The van der Waals surface area contributed by atoms with Crippen molar-refractivity contribution < 1.29 is 4.74 Å². The topological polar surface area (TPSA) is 9.23 Å². The highest BCUT2D eigenvalue weighted by Crippen LogP contribution is 2.30. The molecule has 0 radical (unpaired) electrons. The Balaban J connectivity index is 2.37. The van der Waals surface area contributed by atoms with Crippen LogP contribution in [0.3, 0.4) is 0 Å². The van der Waals surface area contributed by atoms with Gasteiger partial charge in [-0.05, 0) is 18.6 Å². The summed E-state index contributed by atoms with van der Waals surface area (Å²) in [4.78, 5) is 0. The predicted octanol–water partition coefficient (Wildman–Crippen LogP) is 4.48. The average molecular weight is 338 g/mol. The molecule has 0 aliphatic heterocycles. The number of aryl methyl sites for hydroxylation is 1. The summed E-state index contributed by atoms with van der Waals surface area (Å²) >= 11 is 2.32. The van der Waals surface area contributed by atoms with E-state index >= 15 is 0 Å². The molecule has 0 fully saturated rings. The Labute approximate surface area is 116 Å². The molecule has 0 N–H and O–H groups in total. The molecule has 2 heteroatoms. The summed E-state index contributed by atoms with van der Waals surface area (Å²) in [5.41, 5.74) is 3.65. The van der Waals surface area contributed by atoms with Crippen molar-refractivity contribution >= 4 is 22.6 Å². The van der Waals surface area contributed by atoms with Crippen LogP contribution in [0.2, 0.25) is 0 Å². The third-order valence-electron chi connectivity index (χ3n) is 2.55. The summed E-state index contributed by atoms with van der Waals surface area (Å²) in [5, 5.41) is 0. The highest BCUT2D eigenvalue weighted by atomic mass is 127. The van der Waals surface area contributed by atoms with Crippen LogP contribution in [0.15, 0.2) is 48.5 Å². The molecule has 0 amide bonds. The van der Waals surface area contributed by atoms with Gasteiger partial charge in [0, 0.05) is 9.99 Å². The molecule has 0 saturated carbocycles. The minimum Gasteiger partial charge on any atom is -0.492 e. The molecule has 2 rings (SSSR count). The van der Waals surface area contributed by atoms with Crippen molar-refractivity contribution in [2.75, 3.05) is 11.0 Å². The lowest BCUT2D eigenvalue weighted by Crippen LogP contribution is -1.99. The van der Waals surface area contributed by atoms with E-state index in [2.05, 4.69) is 65.9 Å². The maximum Gasteiger partial charge on any atom is 0.127 e. The number of para-hydroxylation sites is 1. The summed E-state index contributed by atoms with van der Waals surface area (Å²) in [6.07, 6.45) is 0. The molecule has 0 aliphatic carbocycles. The lowest BCUT2D eigenvalue weighted by atomic mass is 10.0. The molecule has 0 spiro atoms. The first-order chi connectivity index (χ1) is 8.31. The number of benzene rings is 2. The molecule has 2 aromatic carbocycles. The number of hydrogen-bond acceptors (Lipinski definition) is 1. The van der Waals surface area contributed by atoms with E-state index in [-0.39, 0.29) is 0 Å². The van der Waals surface area contributed by atoms with Gasteiger partial charge in [0.2, 0.25) is 0 Å². The van der Waals surface area contributed by atoms with E-state index in [9.17, 15) is 0 Å². The molecule has 0 heterocycles. The smallest absolute Gasteiger partial charge is 0.127 e. The Morgan fingerprint density at radius 1 is 1.06 bits per heavy atom. The van der Waals surface area contributed by atoms with Gasteiger partial charge in [0.15, 0.2) is 0 Å². The zero-order valence-electron chi connectivity index (χ0n) is 9.82. The van der Waals surface area contributed by atoms with Crippen molar-refractivity contribution in [2.45, 2.75) is 6.92 Å². The van der Waals surface area contributed by atoms with Gasteiger partial charge >= 0.3 is 0 Å². The van der Waals surface area contributed by atoms with Gasteiger partial charge in [-0.3, -0.25) is 0 Å². The van der Waals surface area contributed by atoms with Crippen LogP contribution < -0.4 is 4.74 Å². The maximum absolute atomic E-state index is 5.77. The second kappa shape index (κ2) is 6.05. The maximum atomic E-state index is 5.77. The first kappa shape index (κ1) is 12.4. The largest absolute Gasteiger partial charge is 0.492 e. The van der Waals surface area contributed by atoms with Crippen LogP contribution in [0.5, 0.6) is 5.75 Å². The van der Waals surface area contributed by atoms with Gasteiger partial charge in [-0.15, -0.1) is 0 Å². The molecule has 0 saturated heterocycles. The van der Waals surface area contributed by atoms with E-state index in [1.54, 1.807) is 0 Å². The van der Waals surface area contributed by atoms with Gasteiger partial charge in [0.1, 0.15) is 5.75 Å². The Bertz CT molecular complexity index is 494. The fourth-order valence-corrected chi connectivity index (χ4v) is 2.01. The van der Waals surface area contributed by atoms with Gasteiger partial charge in [0.05, 0.1) is 6.61 Å². The summed E-state index contributed by atoms with van der Waals surface area (Å²) in [6, 6.07) is 16.7. The van der Waals surface area contributed by atoms with Crippen molar-refractivity contribution in [3.05, 3.63) is 54.1 Å². The molecule has 17 heavy (non-hydrogen) atoms. The Morgan fingerprint density at radius 3 is 2.65 bits per heavy atom. The normalized spacial score (nSPS) is 10.2.